The zero-order valence-electron chi connectivity index (χ0n) is 9.75. The Morgan fingerprint density at radius 1 is 1.25 bits per heavy atom. The summed E-state index contributed by atoms with van der Waals surface area (Å²) in [4.78, 5) is 2.22. The molecule has 1 aliphatic rings. The predicted octanol–water partition coefficient (Wildman–Crippen LogP) is 2.26. The first-order valence-corrected chi connectivity index (χ1v) is 5.93. The summed E-state index contributed by atoms with van der Waals surface area (Å²) in [5, 5.41) is 3.37. The van der Waals surface area contributed by atoms with E-state index in [1.807, 2.05) is 12.1 Å². The Bertz CT molecular complexity index is 317. The molecule has 1 aromatic carbocycles. The molecule has 0 amide bonds. The molecular formula is C13H19FN2. The van der Waals surface area contributed by atoms with Gasteiger partial charge in [-0.2, -0.15) is 0 Å². The maximum absolute atomic E-state index is 12.8. The molecule has 1 saturated heterocycles. The molecule has 88 valence electrons. The zero-order valence-corrected chi connectivity index (χ0v) is 9.75. The van der Waals surface area contributed by atoms with Gasteiger partial charge in [0.15, 0.2) is 0 Å². The number of rotatable bonds is 3. The van der Waals surface area contributed by atoms with Crippen molar-refractivity contribution in [2.45, 2.75) is 12.8 Å². The summed E-state index contributed by atoms with van der Waals surface area (Å²) in [7, 11) is 2.08. The maximum Gasteiger partial charge on any atom is 0.123 e. The molecule has 1 aliphatic heterocycles. The van der Waals surface area contributed by atoms with E-state index >= 15 is 0 Å². The van der Waals surface area contributed by atoms with E-state index in [1.54, 1.807) is 0 Å². The van der Waals surface area contributed by atoms with Crippen LogP contribution >= 0.6 is 0 Å². The summed E-state index contributed by atoms with van der Waals surface area (Å²) >= 11 is 0. The number of piperidine rings is 1. The molecule has 0 bridgehead atoms. The van der Waals surface area contributed by atoms with E-state index in [9.17, 15) is 4.39 Å². The number of nitrogens with one attached hydrogen (secondary N) is 1. The highest BCUT2D eigenvalue weighted by Crippen LogP contribution is 2.18. The smallest absolute Gasteiger partial charge is 0.123 e. The van der Waals surface area contributed by atoms with Crippen molar-refractivity contribution in [1.29, 1.82) is 0 Å². The second-order valence-corrected chi connectivity index (χ2v) is 4.55. The average molecular weight is 222 g/mol. The molecule has 1 heterocycles. The SMILES string of the molecule is CN(CC1CCNCC1)c1ccc(F)cc1. The van der Waals surface area contributed by atoms with Crippen molar-refractivity contribution < 1.29 is 4.39 Å². The van der Waals surface area contributed by atoms with Gasteiger partial charge in [-0.25, -0.2) is 4.39 Å². The molecule has 0 saturated carbocycles. The molecule has 1 N–H and O–H groups in total. The highest BCUT2D eigenvalue weighted by molar-refractivity contribution is 5.45. The van der Waals surface area contributed by atoms with Gasteiger partial charge in [-0.1, -0.05) is 0 Å². The Hall–Kier alpha value is -1.09. The van der Waals surface area contributed by atoms with E-state index in [0.29, 0.717) is 0 Å². The quantitative estimate of drug-likeness (QED) is 0.844. The molecular weight excluding hydrogens is 203 g/mol. The average Bonchev–Trinajstić information content (AvgIpc) is 2.31. The van der Waals surface area contributed by atoms with Gasteiger partial charge in [-0.15, -0.1) is 0 Å². The van der Waals surface area contributed by atoms with Gasteiger partial charge in [0.25, 0.3) is 0 Å². The van der Waals surface area contributed by atoms with Crippen molar-refractivity contribution in [3.8, 4) is 0 Å². The Balaban J connectivity index is 1.91. The summed E-state index contributed by atoms with van der Waals surface area (Å²) in [6, 6.07) is 6.73. The third-order valence-electron chi connectivity index (χ3n) is 3.26. The van der Waals surface area contributed by atoms with Gasteiger partial charge >= 0.3 is 0 Å². The molecule has 0 spiro atoms. The van der Waals surface area contributed by atoms with Crippen LogP contribution in [-0.4, -0.2) is 26.7 Å². The lowest BCUT2D eigenvalue weighted by atomic mass is 9.97. The number of hydrogen-bond acceptors (Lipinski definition) is 2. The number of halogens is 1. The van der Waals surface area contributed by atoms with E-state index < -0.39 is 0 Å². The van der Waals surface area contributed by atoms with Gasteiger partial charge in [0.05, 0.1) is 0 Å². The zero-order chi connectivity index (χ0) is 11.4. The highest BCUT2D eigenvalue weighted by atomic mass is 19.1. The maximum atomic E-state index is 12.8. The molecule has 2 nitrogen and oxygen atoms in total. The third-order valence-corrected chi connectivity index (χ3v) is 3.26. The van der Waals surface area contributed by atoms with E-state index in [0.717, 1.165) is 31.2 Å². The van der Waals surface area contributed by atoms with Crippen LogP contribution in [0.15, 0.2) is 24.3 Å². The summed E-state index contributed by atoms with van der Waals surface area (Å²) < 4.78 is 12.8. The normalized spacial score (nSPS) is 17.4. The Morgan fingerprint density at radius 3 is 2.50 bits per heavy atom. The van der Waals surface area contributed by atoms with Crippen molar-refractivity contribution in [2.24, 2.45) is 5.92 Å². The molecule has 0 aromatic heterocycles. The number of anilines is 1. The molecule has 0 unspecified atom stereocenters. The lowest BCUT2D eigenvalue weighted by molar-refractivity contribution is 0.378. The second kappa shape index (κ2) is 5.30. The number of nitrogens with zero attached hydrogens (tertiary/aromatic N) is 1. The lowest BCUT2D eigenvalue weighted by Crippen LogP contribution is -2.34. The lowest BCUT2D eigenvalue weighted by Gasteiger charge is -2.28. The van der Waals surface area contributed by atoms with Crippen LogP contribution in [0.4, 0.5) is 10.1 Å². The van der Waals surface area contributed by atoms with Crippen LogP contribution < -0.4 is 10.2 Å². The van der Waals surface area contributed by atoms with Crippen molar-refractivity contribution in [1.82, 2.24) is 5.32 Å². The van der Waals surface area contributed by atoms with Crippen molar-refractivity contribution in [3.63, 3.8) is 0 Å². The van der Waals surface area contributed by atoms with Crippen LogP contribution in [0.25, 0.3) is 0 Å². The van der Waals surface area contributed by atoms with Crippen LogP contribution in [0.5, 0.6) is 0 Å². The fraction of sp³-hybridized carbons (Fsp3) is 0.538. The van der Waals surface area contributed by atoms with Gasteiger partial charge in [-0.3, -0.25) is 0 Å². The summed E-state index contributed by atoms with van der Waals surface area (Å²) in [6.07, 6.45) is 2.48. The Kier molecular flexibility index (Phi) is 3.78. The number of hydrogen-bond donors (Lipinski definition) is 1. The second-order valence-electron chi connectivity index (χ2n) is 4.55. The highest BCUT2D eigenvalue weighted by Gasteiger charge is 2.15. The predicted molar refractivity (Wildman–Crippen MR) is 65.3 cm³/mol. The van der Waals surface area contributed by atoms with Crippen molar-refractivity contribution in [2.75, 3.05) is 31.6 Å². The van der Waals surface area contributed by atoms with Gasteiger partial charge in [0.2, 0.25) is 0 Å². The fourth-order valence-corrected chi connectivity index (χ4v) is 2.25. The molecule has 1 aromatic rings. The first-order valence-electron chi connectivity index (χ1n) is 5.93. The Labute approximate surface area is 96.5 Å². The van der Waals surface area contributed by atoms with Gasteiger partial charge in [0.1, 0.15) is 5.82 Å². The minimum atomic E-state index is -0.168. The van der Waals surface area contributed by atoms with Gasteiger partial charge < -0.3 is 10.2 Å². The molecule has 1 fully saturated rings. The number of benzene rings is 1. The fourth-order valence-electron chi connectivity index (χ4n) is 2.25. The van der Waals surface area contributed by atoms with Gasteiger partial charge in [0, 0.05) is 19.3 Å². The molecule has 0 atom stereocenters. The first kappa shape index (κ1) is 11.4. The van der Waals surface area contributed by atoms with E-state index in [4.69, 9.17) is 0 Å². The molecule has 16 heavy (non-hydrogen) atoms. The van der Waals surface area contributed by atoms with Crippen molar-refractivity contribution >= 4 is 5.69 Å². The molecule has 3 heteroatoms. The topological polar surface area (TPSA) is 15.3 Å². The monoisotopic (exact) mass is 222 g/mol. The Morgan fingerprint density at radius 2 is 1.88 bits per heavy atom. The standard InChI is InChI=1S/C13H19FN2/c1-16(10-11-6-8-15-9-7-11)13-4-2-12(14)3-5-13/h2-5,11,15H,6-10H2,1H3. The summed E-state index contributed by atoms with van der Waals surface area (Å²) in [6.45, 7) is 3.32. The summed E-state index contributed by atoms with van der Waals surface area (Å²) in [5.41, 5.74) is 1.10. The minimum absolute atomic E-state index is 0.168. The van der Waals surface area contributed by atoms with E-state index in [1.165, 1.54) is 25.0 Å². The van der Waals surface area contributed by atoms with Crippen LogP contribution in [0, 0.1) is 11.7 Å². The summed E-state index contributed by atoms with van der Waals surface area (Å²) in [5.74, 6) is 0.593. The van der Waals surface area contributed by atoms with E-state index in [2.05, 4.69) is 17.3 Å². The van der Waals surface area contributed by atoms with E-state index in [-0.39, 0.29) is 5.82 Å². The van der Waals surface area contributed by atoms with Crippen LogP contribution in [-0.2, 0) is 0 Å². The minimum Gasteiger partial charge on any atom is -0.374 e. The molecule has 2 rings (SSSR count). The van der Waals surface area contributed by atoms with Crippen LogP contribution in [0.3, 0.4) is 0 Å². The third kappa shape index (κ3) is 2.95. The largest absolute Gasteiger partial charge is 0.374 e. The molecule has 0 radical (unpaired) electrons. The molecule has 0 aliphatic carbocycles. The first-order chi connectivity index (χ1) is 7.75. The van der Waals surface area contributed by atoms with Crippen LogP contribution in [0.1, 0.15) is 12.8 Å². The van der Waals surface area contributed by atoms with Gasteiger partial charge in [-0.05, 0) is 56.1 Å². The van der Waals surface area contributed by atoms with Crippen molar-refractivity contribution in [3.05, 3.63) is 30.1 Å². The van der Waals surface area contributed by atoms with Crippen LogP contribution in [0.2, 0.25) is 0 Å².